The number of benzene rings is 2. The van der Waals surface area contributed by atoms with Crippen molar-refractivity contribution in [2.24, 2.45) is 0 Å². The van der Waals surface area contributed by atoms with Crippen molar-refractivity contribution in [3.8, 4) is 5.75 Å². The van der Waals surface area contributed by atoms with Crippen LogP contribution in [0.5, 0.6) is 5.75 Å². The monoisotopic (exact) mass is 261 g/mol. The highest BCUT2D eigenvalue weighted by Gasteiger charge is 2.07. The summed E-state index contributed by atoms with van der Waals surface area (Å²) in [6.45, 7) is 4.07. The lowest BCUT2D eigenvalue weighted by Gasteiger charge is -2.17. The number of nitrogens with one attached hydrogen (secondary N) is 1. The molecule has 0 fully saturated rings. The van der Waals surface area contributed by atoms with E-state index >= 15 is 0 Å². The van der Waals surface area contributed by atoms with Crippen molar-refractivity contribution >= 4 is 17.3 Å². The summed E-state index contributed by atoms with van der Waals surface area (Å²) in [5, 5.41) is 13.3. The van der Waals surface area contributed by atoms with Crippen molar-refractivity contribution in [3.05, 3.63) is 58.6 Å². The maximum absolute atomic E-state index is 9.26. The lowest BCUT2D eigenvalue weighted by Crippen LogP contribution is -2.06. The molecule has 3 heteroatoms. The molecule has 2 nitrogen and oxygen atoms in total. The van der Waals surface area contributed by atoms with Crippen molar-refractivity contribution in [2.75, 3.05) is 5.32 Å². The van der Waals surface area contributed by atoms with E-state index in [4.69, 9.17) is 11.6 Å². The van der Waals surface area contributed by atoms with Crippen LogP contribution in [0.15, 0.2) is 42.5 Å². The molecule has 94 valence electrons. The molecule has 0 aliphatic heterocycles. The first-order valence-electron chi connectivity index (χ1n) is 5.88. The Bertz CT molecular complexity index is 537. The predicted octanol–water partition coefficient (Wildman–Crippen LogP) is 4.53. The fourth-order valence-electron chi connectivity index (χ4n) is 1.82. The number of halogens is 1. The Balaban J connectivity index is 2.15. The average Bonchev–Trinajstić information content (AvgIpc) is 2.33. The largest absolute Gasteiger partial charge is 0.508 e. The van der Waals surface area contributed by atoms with Crippen molar-refractivity contribution in [2.45, 2.75) is 19.9 Å². The molecule has 0 aromatic heterocycles. The second-order valence-electron chi connectivity index (χ2n) is 4.44. The minimum atomic E-state index is 0.130. The Morgan fingerprint density at radius 1 is 1.11 bits per heavy atom. The van der Waals surface area contributed by atoms with Gasteiger partial charge < -0.3 is 10.4 Å². The number of phenols is 1. The topological polar surface area (TPSA) is 32.3 Å². The first-order chi connectivity index (χ1) is 8.56. The Labute approximate surface area is 112 Å². The van der Waals surface area contributed by atoms with E-state index in [1.165, 1.54) is 0 Å². The van der Waals surface area contributed by atoms with Gasteiger partial charge >= 0.3 is 0 Å². The van der Waals surface area contributed by atoms with Gasteiger partial charge in [-0.2, -0.15) is 0 Å². The molecule has 0 amide bonds. The number of hydrogen-bond donors (Lipinski definition) is 2. The molecule has 2 rings (SSSR count). The second kappa shape index (κ2) is 5.32. The zero-order valence-electron chi connectivity index (χ0n) is 10.4. The minimum absolute atomic E-state index is 0.130. The van der Waals surface area contributed by atoms with Gasteiger partial charge in [-0.3, -0.25) is 0 Å². The number of anilines is 1. The van der Waals surface area contributed by atoms with E-state index in [1.807, 2.05) is 37.3 Å². The number of rotatable bonds is 3. The van der Waals surface area contributed by atoms with Crippen LogP contribution in [0, 0.1) is 6.92 Å². The predicted molar refractivity (Wildman–Crippen MR) is 76.3 cm³/mol. The van der Waals surface area contributed by atoms with E-state index in [0.717, 1.165) is 21.8 Å². The smallest absolute Gasteiger partial charge is 0.115 e. The van der Waals surface area contributed by atoms with Crippen LogP contribution in [0.2, 0.25) is 5.02 Å². The lowest BCUT2D eigenvalue weighted by atomic mass is 10.1. The van der Waals surface area contributed by atoms with Gasteiger partial charge in [-0.1, -0.05) is 29.8 Å². The standard InChI is InChI=1S/C15H16ClNO/c1-10-3-8-15(14(16)9-10)17-11(2)12-4-6-13(18)7-5-12/h3-9,11,17-18H,1-2H3. The van der Waals surface area contributed by atoms with E-state index in [0.29, 0.717) is 0 Å². The van der Waals surface area contributed by atoms with Crippen LogP contribution in [0.4, 0.5) is 5.69 Å². The maximum Gasteiger partial charge on any atom is 0.115 e. The van der Waals surface area contributed by atoms with Gasteiger partial charge in [0.1, 0.15) is 5.75 Å². The first-order valence-corrected chi connectivity index (χ1v) is 6.25. The molecular formula is C15H16ClNO. The van der Waals surface area contributed by atoms with E-state index < -0.39 is 0 Å². The summed E-state index contributed by atoms with van der Waals surface area (Å²) in [4.78, 5) is 0. The molecule has 0 bridgehead atoms. The molecule has 0 heterocycles. The Morgan fingerprint density at radius 2 is 1.78 bits per heavy atom. The van der Waals surface area contributed by atoms with Gasteiger partial charge in [-0.25, -0.2) is 0 Å². The molecule has 0 aliphatic rings. The number of aromatic hydroxyl groups is 1. The van der Waals surface area contributed by atoms with Crippen molar-refractivity contribution < 1.29 is 5.11 Å². The molecule has 0 spiro atoms. The van der Waals surface area contributed by atoms with Gasteiger partial charge in [0.05, 0.1) is 10.7 Å². The van der Waals surface area contributed by atoms with Crippen LogP contribution in [0.3, 0.4) is 0 Å². The summed E-state index contributed by atoms with van der Waals surface area (Å²) in [6, 6.07) is 13.2. The fourth-order valence-corrected chi connectivity index (χ4v) is 2.11. The molecule has 0 saturated heterocycles. The molecule has 1 atom stereocenters. The van der Waals surface area contributed by atoms with Crippen molar-refractivity contribution in [3.63, 3.8) is 0 Å². The third kappa shape index (κ3) is 2.96. The van der Waals surface area contributed by atoms with Crippen LogP contribution in [0.1, 0.15) is 24.1 Å². The molecule has 2 N–H and O–H groups in total. The van der Waals surface area contributed by atoms with E-state index in [2.05, 4.69) is 12.2 Å². The fraction of sp³-hybridized carbons (Fsp3) is 0.200. The normalized spacial score (nSPS) is 12.2. The van der Waals surface area contributed by atoms with Gasteiger partial charge in [-0.05, 0) is 49.2 Å². The Kier molecular flexibility index (Phi) is 3.78. The van der Waals surface area contributed by atoms with Crippen LogP contribution in [-0.2, 0) is 0 Å². The van der Waals surface area contributed by atoms with Gasteiger partial charge in [0, 0.05) is 6.04 Å². The molecule has 0 aliphatic carbocycles. The average molecular weight is 262 g/mol. The number of phenolic OH excluding ortho intramolecular Hbond substituents is 1. The van der Waals surface area contributed by atoms with E-state index in [9.17, 15) is 5.11 Å². The highest BCUT2D eigenvalue weighted by Crippen LogP contribution is 2.27. The Morgan fingerprint density at radius 3 is 2.39 bits per heavy atom. The van der Waals surface area contributed by atoms with Gasteiger partial charge in [0.2, 0.25) is 0 Å². The maximum atomic E-state index is 9.26. The third-order valence-electron chi connectivity index (χ3n) is 2.89. The lowest BCUT2D eigenvalue weighted by molar-refractivity contribution is 0.475. The third-order valence-corrected chi connectivity index (χ3v) is 3.20. The number of hydrogen-bond acceptors (Lipinski definition) is 2. The molecule has 18 heavy (non-hydrogen) atoms. The molecule has 0 saturated carbocycles. The Hall–Kier alpha value is -1.67. The quantitative estimate of drug-likeness (QED) is 0.851. The molecule has 0 radical (unpaired) electrons. The van der Waals surface area contributed by atoms with E-state index in [-0.39, 0.29) is 11.8 Å². The number of aryl methyl sites for hydroxylation is 1. The molecule has 2 aromatic rings. The van der Waals surface area contributed by atoms with Gasteiger partial charge in [0.15, 0.2) is 0 Å². The van der Waals surface area contributed by atoms with Crippen LogP contribution in [-0.4, -0.2) is 5.11 Å². The summed E-state index contributed by atoms with van der Waals surface area (Å²) >= 11 is 6.18. The highest BCUT2D eigenvalue weighted by atomic mass is 35.5. The summed E-state index contributed by atoms with van der Waals surface area (Å²) in [7, 11) is 0. The SMILES string of the molecule is Cc1ccc(NC(C)c2ccc(O)cc2)c(Cl)c1. The molecule has 1 unspecified atom stereocenters. The van der Waals surface area contributed by atoms with Crippen molar-refractivity contribution in [1.29, 1.82) is 0 Å². The minimum Gasteiger partial charge on any atom is -0.508 e. The highest BCUT2D eigenvalue weighted by molar-refractivity contribution is 6.33. The van der Waals surface area contributed by atoms with Crippen LogP contribution >= 0.6 is 11.6 Å². The van der Waals surface area contributed by atoms with Crippen LogP contribution < -0.4 is 5.32 Å². The summed E-state index contributed by atoms with van der Waals surface area (Å²) in [6.07, 6.45) is 0. The zero-order valence-corrected chi connectivity index (χ0v) is 11.2. The summed E-state index contributed by atoms with van der Waals surface area (Å²) < 4.78 is 0. The van der Waals surface area contributed by atoms with E-state index in [1.54, 1.807) is 12.1 Å². The molecular weight excluding hydrogens is 246 g/mol. The summed E-state index contributed by atoms with van der Waals surface area (Å²) in [5.74, 6) is 0.277. The van der Waals surface area contributed by atoms with Crippen LogP contribution in [0.25, 0.3) is 0 Å². The van der Waals surface area contributed by atoms with Gasteiger partial charge in [-0.15, -0.1) is 0 Å². The molecule has 2 aromatic carbocycles. The zero-order chi connectivity index (χ0) is 13.1. The second-order valence-corrected chi connectivity index (χ2v) is 4.85. The summed E-state index contributed by atoms with van der Waals surface area (Å²) in [5.41, 5.74) is 3.16. The van der Waals surface area contributed by atoms with Gasteiger partial charge in [0.25, 0.3) is 0 Å². The van der Waals surface area contributed by atoms with Crippen molar-refractivity contribution in [1.82, 2.24) is 0 Å². The first kappa shape index (κ1) is 12.8.